The van der Waals surface area contributed by atoms with Crippen molar-refractivity contribution in [1.82, 2.24) is 14.8 Å². The number of benzene rings is 3. The number of carbonyl (C=O) groups is 2. The molecule has 11 nitrogen and oxygen atoms in total. The van der Waals surface area contributed by atoms with Gasteiger partial charge in [0.15, 0.2) is 9.84 Å². The number of nitrogens with two attached hydrogens (primary N) is 1. The first kappa shape index (κ1) is 34.0. The van der Waals surface area contributed by atoms with Crippen molar-refractivity contribution in [3.63, 3.8) is 0 Å². The topological polar surface area (TPSA) is 147 Å². The van der Waals surface area contributed by atoms with E-state index < -0.39 is 26.9 Å². The molecule has 1 atom stereocenters. The molecule has 2 aliphatic rings. The Hall–Kier alpha value is -4.91. The van der Waals surface area contributed by atoms with Crippen LogP contribution in [0.25, 0.3) is 10.8 Å². The molecule has 3 amide bonds. The number of nitrogens with zero attached hydrogens (tertiary/aromatic N) is 3. The Morgan fingerprint density at radius 1 is 1.02 bits per heavy atom. The molecule has 1 aromatic heterocycles. The number of pyridine rings is 1. The molecule has 1 unspecified atom stereocenters. The Bertz CT molecular complexity index is 2020. The molecule has 0 spiro atoms. The molecule has 1 saturated carbocycles. The number of fused-ring (bicyclic) bond motifs is 5. The molecular formula is C36H41FN6O5S. The van der Waals surface area contributed by atoms with Crippen LogP contribution in [0.1, 0.15) is 55.3 Å². The number of hydrogen-bond acceptors (Lipinski definition) is 8. The van der Waals surface area contributed by atoms with Crippen molar-refractivity contribution < 1.29 is 27.1 Å². The van der Waals surface area contributed by atoms with Gasteiger partial charge in [0.25, 0.3) is 0 Å². The van der Waals surface area contributed by atoms with Crippen molar-refractivity contribution in [2.24, 2.45) is 0 Å². The molecule has 6 rings (SSSR count). The lowest BCUT2D eigenvalue weighted by Crippen LogP contribution is -2.35. The molecule has 49 heavy (non-hydrogen) atoms. The van der Waals surface area contributed by atoms with Gasteiger partial charge in [0, 0.05) is 49.3 Å². The fraction of sp³-hybridized carbons (Fsp3) is 0.361. The lowest BCUT2D eigenvalue weighted by Gasteiger charge is -2.27. The average Bonchev–Trinajstić information content (AvgIpc) is 3.94. The van der Waals surface area contributed by atoms with E-state index >= 15 is 0 Å². The number of nitrogens with one attached hydrogen (secondary N) is 2. The average molecular weight is 689 g/mol. The third-order valence-electron chi connectivity index (χ3n) is 9.03. The second-order valence-electron chi connectivity index (χ2n) is 12.8. The highest BCUT2D eigenvalue weighted by Gasteiger charge is 2.38. The fourth-order valence-electron chi connectivity index (χ4n) is 5.99. The number of carbonyl (C=O) groups excluding carboxylic acids is 2. The van der Waals surface area contributed by atoms with Crippen molar-refractivity contribution in [2.45, 2.75) is 61.8 Å². The standard InChI is InChI=1S/C36H41FN6O5S/c1-4-5-16-48-31-12-6-23-17-22(31)14-15-42(2)36(45)41-25-8-13-32(49(46,47)27-9-10-27)24(18-25)21-43(3)35(44)33(23)40-26-7-11-28-29(19-26)30(37)20-39-34(28)38/h6-8,11-13,17-20,27,33,40H,4-5,9-10,14-16,21H2,1-3H3,(H2,38,39)(H,41,45). The summed E-state index contributed by atoms with van der Waals surface area (Å²) < 4.78 is 47.9. The van der Waals surface area contributed by atoms with E-state index in [1.54, 1.807) is 49.3 Å². The fourth-order valence-corrected chi connectivity index (χ4v) is 7.86. The molecule has 1 fully saturated rings. The van der Waals surface area contributed by atoms with E-state index in [1.807, 2.05) is 18.2 Å². The zero-order valence-electron chi connectivity index (χ0n) is 27.8. The zero-order valence-corrected chi connectivity index (χ0v) is 28.6. The second-order valence-corrected chi connectivity index (χ2v) is 15.0. The number of likely N-dealkylation sites (N-methyl/N-ethyl adjacent to an activating group) is 2. The summed E-state index contributed by atoms with van der Waals surface area (Å²) in [6.45, 7) is 2.89. The Morgan fingerprint density at radius 3 is 2.57 bits per heavy atom. The van der Waals surface area contributed by atoms with Crippen LogP contribution in [0.2, 0.25) is 0 Å². The Morgan fingerprint density at radius 2 is 1.82 bits per heavy atom. The van der Waals surface area contributed by atoms with Crippen LogP contribution in [0.4, 0.5) is 26.4 Å². The molecule has 0 saturated heterocycles. The van der Waals surface area contributed by atoms with Crippen molar-refractivity contribution in [3.05, 3.63) is 83.3 Å². The first-order chi connectivity index (χ1) is 23.5. The number of hydrogen-bond donors (Lipinski definition) is 3. The summed E-state index contributed by atoms with van der Waals surface area (Å²) in [7, 11) is -0.338. The van der Waals surface area contributed by atoms with E-state index in [1.165, 1.54) is 11.0 Å². The molecule has 1 aliphatic carbocycles. The first-order valence-electron chi connectivity index (χ1n) is 16.5. The lowest BCUT2D eigenvalue weighted by atomic mass is 9.99. The minimum absolute atomic E-state index is 0.0442. The molecule has 0 radical (unpaired) electrons. The summed E-state index contributed by atoms with van der Waals surface area (Å²) in [5.41, 5.74) is 8.72. The molecule has 4 bridgehead atoms. The molecule has 2 heterocycles. The number of sulfone groups is 1. The normalized spacial score (nSPS) is 17.3. The maximum Gasteiger partial charge on any atom is 0.321 e. The number of urea groups is 1. The van der Waals surface area contributed by atoms with Gasteiger partial charge in [-0.15, -0.1) is 0 Å². The predicted octanol–water partition coefficient (Wildman–Crippen LogP) is 5.90. The molecular weight excluding hydrogens is 647 g/mol. The van der Waals surface area contributed by atoms with Crippen LogP contribution in [-0.4, -0.2) is 67.6 Å². The van der Waals surface area contributed by atoms with E-state index in [0.717, 1.165) is 24.6 Å². The van der Waals surface area contributed by atoms with E-state index in [-0.39, 0.29) is 34.6 Å². The number of rotatable bonds is 8. The van der Waals surface area contributed by atoms with Crippen molar-refractivity contribution in [1.29, 1.82) is 0 Å². The molecule has 3 aromatic carbocycles. The molecule has 13 heteroatoms. The summed E-state index contributed by atoms with van der Waals surface area (Å²) >= 11 is 0. The highest BCUT2D eigenvalue weighted by molar-refractivity contribution is 7.92. The smallest absolute Gasteiger partial charge is 0.321 e. The van der Waals surface area contributed by atoms with Crippen LogP contribution >= 0.6 is 0 Å². The predicted molar refractivity (Wildman–Crippen MR) is 188 cm³/mol. The summed E-state index contributed by atoms with van der Waals surface area (Å²) in [5, 5.41) is 6.43. The van der Waals surface area contributed by atoms with Gasteiger partial charge < -0.3 is 30.9 Å². The SMILES string of the molecule is CCCCOc1ccc2cc1CCN(C)C(=O)Nc1ccc(S(=O)(=O)C3CC3)c(c1)CN(C)C(=O)C2Nc1ccc2c(N)ncc(F)c2c1. The quantitative estimate of drug-likeness (QED) is 0.194. The summed E-state index contributed by atoms with van der Waals surface area (Å²) in [6.07, 6.45) is 4.49. The van der Waals surface area contributed by atoms with Gasteiger partial charge >= 0.3 is 6.03 Å². The monoisotopic (exact) mass is 688 g/mol. The van der Waals surface area contributed by atoms with Gasteiger partial charge in [-0.25, -0.2) is 22.6 Å². The molecule has 4 aromatic rings. The van der Waals surface area contributed by atoms with Crippen molar-refractivity contribution in [3.8, 4) is 5.75 Å². The van der Waals surface area contributed by atoms with Crippen LogP contribution in [0.15, 0.2) is 65.7 Å². The molecule has 4 N–H and O–H groups in total. The van der Waals surface area contributed by atoms with E-state index in [9.17, 15) is 22.4 Å². The highest BCUT2D eigenvalue weighted by atomic mass is 32.2. The second kappa shape index (κ2) is 13.9. The number of aromatic nitrogens is 1. The zero-order chi connectivity index (χ0) is 34.9. The maximum absolute atomic E-state index is 14.9. The maximum atomic E-state index is 14.9. The minimum Gasteiger partial charge on any atom is -0.493 e. The minimum atomic E-state index is -3.63. The number of halogens is 1. The van der Waals surface area contributed by atoms with Gasteiger partial charge in [-0.2, -0.15) is 0 Å². The number of ether oxygens (including phenoxy) is 1. The van der Waals surface area contributed by atoms with Gasteiger partial charge in [-0.3, -0.25) is 4.79 Å². The summed E-state index contributed by atoms with van der Waals surface area (Å²) in [4.78, 5) is 34.8. The number of anilines is 3. The van der Waals surface area contributed by atoms with Crippen LogP contribution in [0.3, 0.4) is 0 Å². The van der Waals surface area contributed by atoms with Crippen LogP contribution in [0.5, 0.6) is 5.75 Å². The van der Waals surface area contributed by atoms with Crippen LogP contribution in [0, 0.1) is 5.82 Å². The van der Waals surface area contributed by atoms with Gasteiger partial charge in [0.1, 0.15) is 23.4 Å². The Balaban J connectivity index is 1.45. The largest absolute Gasteiger partial charge is 0.493 e. The van der Waals surface area contributed by atoms with E-state index in [0.29, 0.717) is 66.1 Å². The van der Waals surface area contributed by atoms with Gasteiger partial charge in [-0.1, -0.05) is 19.4 Å². The number of amides is 3. The number of unbranched alkanes of at least 4 members (excludes halogenated alkanes) is 1. The Labute approximate surface area is 285 Å². The Kier molecular flexibility index (Phi) is 9.64. The third-order valence-corrected chi connectivity index (χ3v) is 11.4. The van der Waals surface area contributed by atoms with Gasteiger partial charge in [0.05, 0.1) is 22.9 Å². The summed E-state index contributed by atoms with van der Waals surface area (Å²) in [6, 6.07) is 13.9. The van der Waals surface area contributed by atoms with Crippen LogP contribution < -0.4 is 21.1 Å². The van der Waals surface area contributed by atoms with E-state index in [4.69, 9.17) is 10.5 Å². The van der Waals surface area contributed by atoms with Crippen LogP contribution in [-0.2, 0) is 27.6 Å². The third kappa shape index (κ3) is 7.26. The highest BCUT2D eigenvalue weighted by Crippen LogP contribution is 2.37. The van der Waals surface area contributed by atoms with Crippen molar-refractivity contribution in [2.75, 3.05) is 43.6 Å². The van der Waals surface area contributed by atoms with Gasteiger partial charge in [-0.05, 0) is 90.9 Å². The molecule has 1 aliphatic heterocycles. The van der Waals surface area contributed by atoms with Gasteiger partial charge in [0.2, 0.25) is 5.91 Å². The van der Waals surface area contributed by atoms with Crippen molar-refractivity contribution >= 4 is 49.7 Å². The first-order valence-corrected chi connectivity index (χ1v) is 18.0. The van der Waals surface area contributed by atoms with E-state index in [2.05, 4.69) is 22.5 Å². The number of nitrogen functional groups attached to an aromatic ring is 1. The lowest BCUT2D eigenvalue weighted by molar-refractivity contribution is -0.131. The summed E-state index contributed by atoms with van der Waals surface area (Å²) in [5.74, 6) is -0.0530. The molecule has 258 valence electrons.